The first-order valence-electron chi connectivity index (χ1n) is 6.69. The summed E-state index contributed by atoms with van der Waals surface area (Å²) in [6.45, 7) is 0. The number of rotatable bonds is 2. The second-order valence-corrected chi connectivity index (χ2v) is 7.32. The van der Waals surface area contributed by atoms with Crippen LogP contribution < -0.4 is 0 Å². The molecular formula is C18H7Cl6. The molecule has 0 N–H and O–H groups in total. The number of halogens is 6. The van der Waals surface area contributed by atoms with Crippen molar-refractivity contribution in [2.45, 2.75) is 0 Å². The molecule has 0 unspecified atom stereocenters. The molecule has 0 aromatic heterocycles. The van der Waals surface area contributed by atoms with Crippen molar-refractivity contribution in [2.75, 3.05) is 0 Å². The monoisotopic (exact) mass is 433 g/mol. The first kappa shape index (κ1) is 18.2. The lowest BCUT2D eigenvalue weighted by Gasteiger charge is -2.15. The summed E-state index contributed by atoms with van der Waals surface area (Å²) < 4.78 is 0. The number of benzene rings is 3. The van der Waals surface area contributed by atoms with E-state index in [1.54, 1.807) is 42.5 Å². The predicted molar refractivity (Wildman–Crippen MR) is 106 cm³/mol. The molecule has 0 aliphatic carbocycles. The quantitative estimate of drug-likeness (QED) is 0.377. The van der Waals surface area contributed by atoms with E-state index in [2.05, 4.69) is 6.07 Å². The van der Waals surface area contributed by atoms with Gasteiger partial charge in [0, 0.05) is 38.4 Å². The Hall–Kier alpha value is -0.600. The Morgan fingerprint density at radius 1 is 0.667 bits per heavy atom. The highest BCUT2D eigenvalue weighted by atomic mass is 35.5. The molecule has 3 aromatic carbocycles. The molecule has 0 aliphatic heterocycles. The van der Waals surface area contributed by atoms with E-state index in [1.165, 1.54) is 0 Å². The van der Waals surface area contributed by atoms with Gasteiger partial charge in [0.15, 0.2) is 0 Å². The van der Waals surface area contributed by atoms with Crippen LogP contribution in [0.15, 0.2) is 42.5 Å². The summed E-state index contributed by atoms with van der Waals surface area (Å²) in [6, 6.07) is 15.0. The van der Waals surface area contributed by atoms with Crippen molar-refractivity contribution in [3.05, 3.63) is 78.7 Å². The second-order valence-electron chi connectivity index (χ2n) is 4.93. The molecule has 3 aromatic rings. The van der Waals surface area contributed by atoms with Crippen LogP contribution in [0, 0.1) is 6.07 Å². The third kappa shape index (κ3) is 3.37. The van der Waals surface area contributed by atoms with Crippen LogP contribution in [0.2, 0.25) is 30.1 Å². The van der Waals surface area contributed by atoms with Crippen molar-refractivity contribution < 1.29 is 0 Å². The molecule has 0 spiro atoms. The Balaban J connectivity index is 2.30. The summed E-state index contributed by atoms with van der Waals surface area (Å²) in [4.78, 5) is 0. The van der Waals surface area contributed by atoms with Crippen molar-refractivity contribution in [1.82, 2.24) is 0 Å². The molecule has 0 saturated heterocycles. The first-order valence-corrected chi connectivity index (χ1v) is 8.96. The Kier molecular flexibility index (Phi) is 5.56. The van der Waals surface area contributed by atoms with Crippen molar-refractivity contribution in [2.24, 2.45) is 0 Å². The lowest BCUT2D eigenvalue weighted by molar-refractivity contribution is 1.57. The molecule has 1 radical (unpaired) electrons. The van der Waals surface area contributed by atoms with E-state index < -0.39 is 0 Å². The molecule has 24 heavy (non-hydrogen) atoms. The van der Waals surface area contributed by atoms with E-state index in [4.69, 9.17) is 69.6 Å². The summed E-state index contributed by atoms with van der Waals surface area (Å²) in [5, 5.41) is 2.57. The van der Waals surface area contributed by atoms with Gasteiger partial charge in [0.2, 0.25) is 0 Å². The van der Waals surface area contributed by atoms with Crippen molar-refractivity contribution in [3.63, 3.8) is 0 Å². The van der Waals surface area contributed by atoms with Gasteiger partial charge in [-0.25, -0.2) is 0 Å². The van der Waals surface area contributed by atoms with Crippen LogP contribution in [-0.2, 0) is 0 Å². The molecule has 0 amide bonds. The van der Waals surface area contributed by atoms with E-state index in [9.17, 15) is 0 Å². The highest BCUT2D eigenvalue weighted by Gasteiger charge is 2.19. The summed E-state index contributed by atoms with van der Waals surface area (Å²) in [5.74, 6) is 0. The van der Waals surface area contributed by atoms with Crippen LogP contribution in [0.1, 0.15) is 0 Å². The highest BCUT2D eigenvalue weighted by molar-refractivity contribution is 6.46. The molecule has 0 nitrogen and oxygen atoms in total. The Labute approximate surface area is 169 Å². The summed E-state index contributed by atoms with van der Waals surface area (Å²) in [7, 11) is 0. The molecule has 121 valence electrons. The van der Waals surface area contributed by atoms with E-state index in [0.717, 1.165) is 0 Å². The molecule has 0 bridgehead atoms. The van der Waals surface area contributed by atoms with Crippen molar-refractivity contribution >= 4 is 69.6 Å². The standard InChI is InChI=1S/C18H7Cl6/c19-9-4-6-13(20)12(8-9)10-5-7-14(21)16(18(10)24)11-2-1-3-15(22)17(11)23/h1-6,8H. The van der Waals surface area contributed by atoms with E-state index in [0.29, 0.717) is 52.4 Å². The number of hydrogen-bond acceptors (Lipinski definition) is 0. The van der Waals surface area contributed by atoms with Gasteiger partial charge in [0.25, 0.3) is 0 Å². The van der Waals surface area contributed by atoms with Gasteiger partial charge < -0.3 is 0 Å². The van der Waals surface area contributed by atoms with Gasteiger partial charge in [-0.05, 0) is 30.3 Å². The minimum atomic E-state index is 0.339. The topological polar surface area (TPSA) is 0 Å². The third-order valence-corrected chi connectivity index (χ3v) is 5.53. The van der Waals surface area contributed by atoms with Gasteiger partial charge >= 0.3 is 0 Å². The molecule has 0 atom stereocenters. The van der Waals surface area contributed by atoms with Crippen molar-refractivity contribution in [3.8, 4) is 22.3 Å². The fourth-order valence-electron chi connectivity index (χ4n) is 2.34. The Bertz CT molecular complexity index is 933. The largest absolute Gasteiger partial charge is 0.0843 e. The average molecular weight is 436 g/mol. The SMILES string of the molecule is Clc1ccc(Cl)c(-c2c[c]c(Cl)c(-c3cccc(Cl)c3Cl)c2Cl)c1. The van der Waals surface area contributed by atoms with Gasteiger partial charge in [-0.15, -0.1) is 0 Å². The zero-order valence-corrected chi connectivity index (χ0v) is 16.3. The molecule has 0 fully saturated rings. The van der Waals surface area contributed by atoms with Crippen LogP contribution in [-0.4, -0.2) is 0 Å². The molecule has 0 aliphatic rings. The van der Waals surface area contributed by atoms with E-state index in [1.807, 2.05) is 0 Å². The van der Waals surface area contributed by atoms with Gasteiger partial charge in [-0.1, -0.05) is 81.7 Å². The maximum atomic E-state index is 6.62. The van der Waals surface area contributed by atoms with Gasteiger partial charge in [-0.2, -0.15) is 0 Å². The summed E-state index contributed by atoms with van der Waals surface area (Å²) in [6.07, 6.45) is 0. The Morgan fingerprint density at radius 2 is 1.42 bits per heavy atom. The van der Waals surface area contributed by atoms with Crippen LogP contribution >= 0.6 is 69.6 Å². The molecule has 3 rings (SSSR count). The number of hydrogen-bond donors (Lipinski definition) is 0. The fraction of sp³-hybridized carbons (Fsp3) is 0. The highest BCUT2D eigenvalue weighted by Crippen LogP contribution is 2.46. The van der Waals surface area contributed by atoms with Gasteiger partial charge in [0.05, 0.1) is 20.1 Å². The third-order valence-electron chi connectivity index (χ3n) is 3.46. The van der Waals surface area contributed by atoms with Crippen LogP contribution in [0.5, 0.6) is 0 Å². The average Bonchev–Trinajstić information content (AvgIpc) is 2.54. The maximum absolute atomic E-state index is 6.62. The lowest BCUT2D eigenvalue weighted by atomic mass is 9.98. The van der Waals surface area contributed by atoms with Crippen LogP contribution in [0.4, 0.5) is 0 Å². The first-order chi connectivity index (χ1) is 11.4. The van der Waals surface area contributed by atoms with Crippen molar-refractivity contribution in [1.29, 1.82) is 0 Å². The van der Waals surface area contributed by atoms with Gasteiger partial charge in [0.1, 0.15) is 0 Å². The lowest BCUT2D eigenvalue weighted by Crippen LogP contribution is -1.89. The maximum Gasteiger partial charge on any atom is 0.0671 e. The minimum absolute atomic E-state index is 0.339. The Morgan fingerprint density at radius 3 is 2.17 bits per heavy atom. The van der Waals surface area contributed by atoms with E-state index in [-0.39, 0.29) is 0 Å². The zero-order valence-electron chi connectivity index (χ0n) is 11.8. The second kappa shape index (κ2) is 7.33. The van der Waals surface area contributed by atoms with Crippen LogP contribution in [0.3, 0.4) is 0 Å². The fourth-order valence-corrected chi connectivity index (χ4v) is 3.77. The van der Waals surface area contributed by atoms with Gasteiger partial charge in [-0.3, -0.25) is 0 Å². The minimum Gasteiger partial charge on any atom is -0.0843 e. The zero-order chi connectivity index (χ0) is 17.4. The summed E-state index contributed by atoms with van der Waals surface area (Å²) >= 11 is 37.7. The molecule has 6 heteroatoms. The molecule has 0 heterocycles. The molecule has 0 saturated carbocycles. The summed E-state index contributed by atoms with van der Waals surface area (Å²) in [5.41, 5.74) is 2.50. The molecular weight excluding hydrogens is 429 g/mol. The van der Waals surface area contributed by atoms with Crippen LogP contribution in [0.25, 0.3) is 22.3 Å². The normalized spacial score (nSPS) is 10.9. The van der Waals surface area contributed by atoms with E-state index >= 15 is 0 Å². The predicted octanol–water partition coefficient (Wildman–Crippen LogP) is 8.74. The smallest absolute Gasteiger partial charge is 0.0671 e.